The van der Waals surface area contributed by atoms with Crippen molar-refractivity contribution in [1.82, 2.24) is 5.32 Å². The molecule has 19 heavy (non-hydrogen) atoms. The van der Waals surface area contributed by atoms with Gasteiger partial charge in [-0.05, 0) is 11.6 Å². The highest BCUT2D eigenvalue weighted by molar-refractivity contribution is 5.35. The summed E-state index contributed by atoms with van der Waals surface area (Å²) in [7, 11) is 1.61. The van der Waals surface area contributed by atoms with Crippen molar-refractivity contribution in [3.05, 3.63) is 65.7 Å². The molecule has 100 valence electrons. The summed E-state index contributed by atoms with van der Waals surface area (Å²) in [6.45, 7) is 1.24. The van der Waals surface area contributed by atoms with Gasteiger partial charge in [-0.2, -0.15) is 0 Å². The number of para-hydroxylation sites is 1. The van der Waals surface area contributed by atoms with Crippen molar-refractivity contribution in [2.45, 2.75) is 12.6 Å². The number of methoxy groups -OCH3 is 1. The van der Waals surface area contributed by atoms with E-state index in [-0.39, 0.29) is 0 Å². The lowest BCUT2D eigenvalue weighted by Crippen LogP contribution is -2.21. The zero-order valence-electron chi connectivity index (χ0n) is 11.0. The Labute approximate surface area is 113 Å². The molecule has 2 rings (SSSR count). The van der Waals surface area contributed by atoms with Crippen molar-refractivity contribution in [2.75, 3.05) is 13.7 Å². The predicted octanol–water partition coefficient (Wildman–Crippen LogP) is 2.52. The number of benzene rings is 2. The minimum absolute atomic E-state index is 0.495. The van der Waals surface area contributed by atoms with Crippen LogP contribution in [0.4, 0.5) is 0 Å². The molecule has 3 heteroatoms. The van der Waals surface area contributed by atoms with E-state index in [1.165, 1.54) is 5.56 Å². The van der Waals surface area contributed by atoms with E-state index >= 15 is 0 Å². The fourth-order valence-corrected chi connectivity index (χ4v) is 2.00. The van der Waals surface area contributed by atoms with Crippen LogP contribution in [-0.2, 0) is 6.54 Å². The van der Waals surface area contributed by atoms with Gasteiger partial charge >= 0.3 is 0 Å². The van der Waals surface area contributed by atoms with Gasteiger partial charge in [-0.25, -0.2) is 0 Å². The Morgan fingerprint density at radius 3 is 2.47 bits per heavy atom. The number of aliphatic hydroxyl groups excluding tert-OH is 1. The molecule has 0 saturated carbocycles. The molecule has 3 nitrogen and oxygen atoms in total. The Bertz CT molecular complexity index is 499. The van der Waals surface area contributed by atoms with Crippen LogP contribution in [0.3, 0.4) is 0 Å². The van der Waals surface area contributed by atoms with Gasteiger partial charge in [0.05, 0.1) is 13.2 Å². The van der Waals surface area contributed by atoms with E-state index in [0.717, 1.165) is 17.9 Å². The molecular weight excluding hydrogens is 238 g/mol. The van der Waals surface area contributed by atoms with Crippen LogP contribution >= 0.6 is 0 Å². The summed E-state index contributed by atoms with van der Waals surface area (Å²) in [5.41, 5.74) is 2.01. The van der Waals surface area contributed by atoms with Crippen LogP contribution in [0.25, 0.3) is 0 Å². The number of ether oxygens (including phenoxy) is 1. The number of nitrogens with one attached hydrogen (secondary N) is 1. The second-order valence-electron chi connectivity index (χ2n) is 4.37. The molecule has 0 aliphatic heterocycles. The van der Waals surface area contributed by atoms with Gasteiger partial charge in [0.15, 0.2) is 0 Å². The molecule has 0 spiro atoms. The Balaban J connectivity index is 1.89. The summed E-state index contributed by atoms with van der Waals surface area (Å²) in [6, 6.07) is 17.7. The van der Waals surface area contributed by atoms with Gasteiger partial charge in [-0.15, -0.1) is 0 Å². The third-order valence-corrected chi connectivity index (χ3v) is 3.01. The molecule has 0 saturated heterocycles. The largest absolute Gasteiger partial charge is 0.496 e. The zero-order chi connectivity index (χ0) is 13.5. The first kappa shape index (κ1) is 13.6. The molecule has 0 fully saturated rings. The van der Waals surface area contributed by atoms with Crippen molar-refractivity contribution >= 4 is 0 Å². The molecule has 0 aromatic heterocycles. The first-order valence-electron chi connectivity index (χ1n) is 6.37. The minimum Gasteiger partial charge on any atom is -0.496 e. The average molecular weight is 257 g/mol. The molecular formula is C16H19NO2. The SMILES string of the molecule is COc1ccccc1C(O)CNCc1ccccc1. The average Bonchev–Trinajstić information content (AvgIpc) is 2.48. The lowest BCUT2D eigenvalue weighted by molar-refractivity contribution is 0.170. The van der Waals surface area contributed by atoms with Gasteiger partial charge in [0, 0.05) is 18.7 Å². The van der Waals surface area contributed by atoms with Crippen LogP contribution < -0.4 is 10.1 Å². The summed E-state index contributed by atoms with van der Waals surface area (Å²) < 4.78 is 5.24. The van der Waals surface area contributed by atoms with E-state index in [4.69, 9.17) is 4.74 Å². The molecule has 0 aliphatic carbocycles. The van der Waals surface area contributed by atoms with Gasteiger partial charge in [-0.3, -0.25) is 0 Å². The summed E-state index contributed by atoms with van der Waals surface area (Å²) in [4.78, 5) is 0. The van der Waals surface area contributed by atoms with Crippen molar-refractivity contribution in [3.8, 4) is 5.75 Å². The first-order valence-corrected chi connectivity index (χ1v) is 6.37. The number of rotatable bonds is 6. The first-order chi connectivity index (χ1) is 9.31. The van der Waals surface area contributed by atoms with Gasteiger partial charge in [0.25, 0.3) is 0 Å². The van der Waals surface area contributed by atoms with Gasteiger partial charge in [0.1, 0.15) is 5.75 Å². The normalized spacial score (nSPS) is 12.1. The molecule has 0 bridgehead atoms. The van der Waals surface area contributed by atoms with Gasteiger partial charge in [0.2, 0.25) is 0 Å². The summed E-state index contributed by atoms with van der Waals surface area (Å²) in [5, 5.41) is 13.4. The highest BCUT2D eigenvalue weighted by Crippen LogP contribution is 2.24. The maximum Gasteiger partial charge on any atom is 0.124 e. The highest BCUT2D eigenvalue weighted by Gasteiger charge is 2.11. The Kier molecular flexibility index (Phi) is 4.95. The Morgan fingerprint density at radius 1 is 1.05 bits per heavy atom. The van der Waals surface area contributed by atoms with Crippen LogP contribution in [0.5, 0.6) is 5.75 Å². The molecule has 2 aromatic carbocycles. The van der Waals surface area contributed by atoms with E-state index in [1.807, 2.05) is 42.5 Å². The van der Waals surface area contributed by atoms with E-state index in [2.05, 4.69) is 17.4 Å². The number of hydrogen-bond donors (Lipinski definition) is 2. The molecule has 1 unspecified atom stereocenters. The van der Waals surface area contributed by atoms with Crippen molar-refractivity contribution in [1.29, 1.82) is 0 Å². The quantitative estimate of drug-likeness (QED) is 0.835. The van der Waals surface area contributed by atoms with Gasteiger partial charge in [-0.1, -0.05) is 48.5 Å². The molecule has 2 aromatic rings. The van der Waals surface area contributed by atoms with Crippen molar-refractivity contribution in [3.63, 3.8) is 0 Å². The molecule has 1 atom stereocenters. The topological polar surface area (TPSA) is 41.5 Å². The van der Waals surface area contributed by atoms with E-state index in [1.54, 1.807) is 7.11 Å². The Morgan fingerprint density at radius 2 is 1.74 bits per heavy atom. The maximum atomic E-state index is 10.2. The predicted molar refractivity (Wildman–Crippen MR) is 76.1 cm³/mol. The van der Waals surface area contributed by atoms with E-state index in [9.17, 15) is 5.11 Å². The second-order valence-corrected chi connectivity index (χ2v) is 4.37. The van der Waals surface area contributed by atoms with Crippen LogP contribution in [0, 0.1) is 0 Å². The van der Waals surface area contributed by atoms with E-state index in [0.29, 0.717) is 6.54 Å². The monoisotopic (exact) mass is 257 g/mol. The van der Waals surface area contributed by atoms with Crippen LogP contribution in [0.15, 0.2) is 54.6 Å². The second kappa shape index (κ2) is 6.92. The molecule has 2 N–H and O–H groups in total. The molecule has 0 radical (unpaired) electrons. The molecule has 0 amide bonds. The van der Waals surface area contributed by atoms with Gasteiger partial charge < -0.3 is 15.2 Å². The summed E-state index contributed by atoms with van der Waals surface area (Å²) in [6.07, 6.45) is -0.570. The lowest BCUT2D eigenvalue weighted by Gasteiger charge is -2.15. The standard InChI is InChI=1S/C16H19NO2/c1-19-16-10-6-5-9-14(16)15(18)12-17-11-13-7-3-2-4-8-13/h2-10,15,17-18H,11-12H2,1H3. The molecule has 0 heterocycles. The van der Waals surface area contributed by atoms with Crippen LogP contribution in [0.2, 0.25) is 0 Å². The van der Waals surface area contributed by atoms with Crippen LogP contribution in [-0.4, -0.2) is 18.8 Å². The van der Waals surface area contributed by atoms with E-state index < -0.39 is 6.10 Å². The number of aliphatic hydroxyl groups is 1. The number of hydrogen-bond acceptors (Lipinski definition) is 3. The lowest BCUT2D eigenvalue weighted by atomic mass is 10.1. The minimum atomic E-state index is -0.570. The smallest absolute Gasteiger partial charge is 0.124 e. The zero-order valence-corrected chi connectivity index (χ0v) is 11.0. The Hall–Kier alpha value is -1.84. The third kappa shape index (κ3) is 3.81. The summed E-state index contributed by atoms with van der Waals surface area (Å²) in [5.74, 6) is 0.719. The van der Waals surface area contributed by atoms with Crippen molar-refractivity contribution in [2.24, 2.45) is 0 Å². The maximum absolute atomic E-state index is 10.2. The molecule has 0 aliphatic rings. The fraction of sp³-hybridized carbons (Fsp3) is 0.250. The highest BCUT2D eigenvalue weighted by atomic mass is 16.5. The van der Waals surface area contributed by atoms with Crippen molar-refractivity contribution < 1.29 is 9.84 Å². The summed E-state index contributed by atoms with van der Waals surface area (Å²) >= 11 is 0. The van der Waals surface area contributed by atoms with Crippen LogP contribution in [0.1, 0.15) is 17.2 Å². The third-order valence-electron chi connectivity index (χ3n) is 3.01. The fourth-order valence-electron chi connectivity index (χ4n) is 2.00.